The molecule has 7 heteroatoms. The summed E-state index contributed by atoms with van der Waals surface area (Å²) in [6.07, 6.45) is 0.149. The highest BCUT2D eigenvalue weighted by atomic mass is 16.4. The highest BCUT2D eigenvalue weighted by molar-refractivity contribution is 6.37. The molecule has 9 rings (SSSR count). The maximum Gasteiger partial charge on any atom is 0.256 e. The van der Waals surface area contributed by atoms with Crippen molar-refractivity contribution in [3.05, 3.63) is 196 Å². The lowest BCUT2D eigenvalue weighted by Crippen LogP contribution is -2.39. The second-order valence-corrected chi connectivity index (χ2v) is 15.6. The number of Topliss-reactive ketones (excluding diaryl/α,β-unsaturated/α-hetero) is 1. The lowest BCUT2D eigenvalue weighted by atomic mass is 9.83. The number of carbonyl (C=O) groups is 3. The Bertz CT molecular complexity index is 2920. The summed E-state index contributed by atoms with van der Waals surface area (Å²) in [5.41, 5.74) is 17.9. The van der Waals surface area contributed by atoms with Crippen LogP contribution in [0.15, 0.2) is 146 Å². The van der Waals surface area contributed by atoms with Gasteiger partial charge in [0.1, 0.15) is 11.4 Å². The molecule has 0 saturated heterocycles. The monoisotopic (exact) mass is 790 g/mol. The Hall–Kier alpha value is -7.19. The van der Waals surface area contributed by atoms with Gasteiger partial charge in [-0.15, -0.1) is 0 Å². The van der Waals surface area contributed by atoms with E-state index < -0.39 is 5.97 Å². The third-order valence-corrected chi connectivity index (χ3v) is 10.9. The number of hydrogen-bond acceptors (Lipinski definition) is 4. The molecule has 0 aliphatic rings. The van der Waals surface area contributed by atoms with Crippen LogP contribution in [0, 0.1) is 34.6 Å². The maximum atomic E-state index is 13.7. The number of aryl methyl sites for hydroxylation is 5. The summed E-state index contributed by atoms with van der Waals surface area (Å²) in [6, 6.07) is 46.4. The van der Waals surface area contributed by atoms with Crippen LogP contribution in [-0.4, -0.2) is 17.7 Å². The first kappa shape index (κ1) is 41.0. The Kier molecular flexibility index (Phi) is 11.8. The van der Waals surface area contributed by atoms with E-state index in [4.69, 9.17) is 0 Å². The molecule has 0 unspecified atom stereocenters. The molecule has 0 atom stereocenters. The lowest BCUT2D eigenvalue weighted by Gasteiger charge is -2.20. The summed E-state index contributed by atoms with van der Waals surface area (Å²) >= 11 is 0. The van der Waals surface area contributed by atoms with Crippen molar-refractivity contribution < 1.29 is 31.0 Å². The standard InChI is InChI=1S/C39H29NO4.2C7H9N/c1-21-4-9-24(10-5-21)20-33(41)30-17-14-28-26-13-8-23(3)34-31(38(42)40-25-11-6-22(2)7-12-25)18-15-27(35(26)34)29-16-19-32(39(43)44)37(30)36(28)29;2*1-6-2-4-7(8)5-3-6/h4-19H,20H2,1-3H3,(H,40,42)(H,43,44);2*2-5H,8H2,1H3/p+1. The van der Waals surface area contributed by atoms with Crippen LogP contribution in [0.1, 0.15) is 64.5 Å². The smallest absolute Gasteiger partial charge is 0.256 e. The third-order valence-electron chi connectivity index (χ3n) is 10.9. The van der Waals surface area contributed by atoms with Crippen LogP contribution in [0.5, 0.6) is 0 Å². The maximum absolute atomic E-state index is 13.7. The number of benzene rings is 9. The number of hydrogen-bond donors (Lipinski definition) is 3. The molecule has 0 aliphatic carbocycles. The largest absolute Gasteiger partial charge is 0.545 e. The molecule has 0 radical (unpaired) electrons. The Labute approximate surface area is 349 Å². The highest BCUT2D eigenvalue weighted by Gasteiger charge is 2.23. The predicted octanol–water partition coefficient (Wildman–Crippen LogP) is 9.44. The van der Waals surface area contributed by atoms with E-state index in [-0.39, 0.29) is 23.7 Å². The van der Waals surface area contributed by atoms with Gasteiger partial charge in [0.15, 0.2) is 5.78 Å². The molecule has 298 valence electrons. The van der Waals surface area contributed by atoms with E-state index in [2.05, 4.69) is 54.9 Å². The van der Waals surface area contributed by atoms with Gasteiger partial charge in [0.2, 0.25) is 0 Å². The molecule has 7 N–H and O–H groups in total. The van der Waals surface area contributed by atoms with E-state index in [1.54, 1.807) is 12.1 Å². The van der Waals surface area contributed by atoms with Crippen molar-refractivity contribution in [2.45, 2.75) is 41.0 Å². The molecule has 0 bridgehead atoms. The number of nitrogens with one attached hydrogen (secondary N) is 1. The molecule has 9 aromatic carbocycles. The van der Waals surface area contributed by atoms with Gasteiger partial charge >= 0.3 is 0 Å². The van der Waals surface area contributed by atoms with E-state index in [9.17, 15) is 19.5 Å². The Morgan fingerprint density at radius 3 is 1.32 bits per heavy atom. The zero-order chi connectivity index (χ0) is 42.7. The number of carboxylic acid groups (broad SMARTS) is 1. The number of quaternary nitrogens is 2. The second kappa shape index (κ2) is 17.3. The summed E-state index contributed by atoms with van der Waals surface area (Å²) in [5, 5.41) is 21.7. The number of carboxylic acids is 1. The van der Waals surface area contributed by atoms with Crippen molar-refractivity contribution in [1.82, 2.24) is 0 Å². The van der Waals surface area contributed by atoms with Gasteiger partial charge < -0.3 is 26.7 Å². The first-order valence-corrected chi connectivity index (χ1v) is 19.9. The van der Waals surface area contributed by atoms with Crippen LogP contribution >= 0.6 is 0 Å². The van der Waals surface area contributed by atoms with Crippen molar-refractivity contribution in [2.75, 3.05) is 5.32 Å². The molecular formula is C53H48N3O4+. The van der Waals surface area contributed by atoms with Gasteiger partial charge in [-0.1, -0.05) is 125 Å². The molecule has 0 fully saturated rings. The minimum Gasteiger partial charge on any atom is -0.545 e. The van der Waals surface area contributed by atoms with E-state index in [1.165, 1.54) is 17.2 Å². The average Bonchev–Trinajstić information content (AvgIpc) is 3.24. The van der Waals surface area contributed by atoms with Gasteiger partial charge in [0, 0.05) is 34.2 Å². The summed E-state index contributed by atoms with van der Waals surface area (Å²) in [6.45, 7) is 10.1. The molecule has 1 amide bonds. The average molecular weight is 791 g/mol. The number of aromatic carboxylic acids is 1. The van der Waals surface area contributed by atoms with Crippen LogP contribution in [0.3, 0.4) is 0 Å². The van der Waals surface area contributed by atoms with Crippen molar-refractivity contribution in [2.24, 2.45) is 0 Å². The lowest BCUT2D eigenvalue weighted by molar-refractivity contribution is -0.255. The molecule has 0 aromatic heterocycles. The zero-order valence-electron chi connectivity index (χ0n) is 34.6. The van der Waals surface area contributed by atoms with Gasteiger partial charge in [0.05, 0.1) is 5.97 Å². The fourth-order valence-electron chi connectivity index (χ4n) is 7.65. The highest BCUT2D eigenvalue weighted by Crippen LogP contribution is 2.44. The van der Waals surface area contributed by atoms with Crippen LogP contribution in [-0.2, 0) is 6.42 Å². The predicted molar refractivity (Wildman–Crippen MR) is 243 cm³/mol. The fraction of sp³-hybridized carbons (Fsp3) is 0.113. The summed E-state index contributed by atoms with van der Waals surface area (Å²) < 4.78 is 0. The van der Waals surface area contributed by atoms with Crippen LogP contribution in [0.2, 0.25) is 0 Å². The summed E-state index contributed by atoms with van der Waals surface area (Å²) in [4.78, 5) is 39.8. The number of fused-ring (bicyclic) bond motifs is 2. The fourth-order valence-corrected chi connectivity index (χ4v) is 7.65. The zero-order valence-corrected chi connectivity index (χ0v) is 34.6. The van der Waals surface area contributed by atoms with E-state index in [0.29, 0.717) is 27.6 Å². The Balaban J connectivity index is 0.000000283. The van der Waals surface area contributed by atoms with Gasteiger partial charge in [-0.3, -0.25) is 9.59 Å². The van der Waals surface area contributed by atoms with E-state index in [0.717, 1.165) is 65.9 Å². The van der Waals surface area contributed by atoms with Crippen LogP contribution < -0.4 is 21.9 Å². The molecule has 0 saturated carbocycles. The van der Waals surface area contributed by atoms with Crippen LogP contribution in [0.25, 0.3) is 43.1 Å². The molecular weight excluding hydrogens is 743 g/mol. The first-order chi connectivity index (χ1) is 28.8. The van der Waals surface area contributed by atoms with Crippen molar-refractivity contribution in [3.63, 3.8) is 0 Å². The normalized spacial score (nSPS) is 10.9. The number of ketones is 1. The van der Waals surface area contributed by atoms with Gasteiger partial charge in [-0.2, -0.15) is 0 Å². The SMILES string of the molecule is Cc1ccc(CC(=O)c2ccc3c4ccc(C)c5c(C(=O)Nc6ccc(C)cc6)ccc(c6ccc(C(=O)[O-])c2c63)c54)cc1.Cc1ccc([NH3+])cc1.Cc1ccc([NH3+])cc1. The quantitative estimate of drug-likeness (QED) is 0.0877. The summed E-state index contributed by atoms with van der Waals surface area (Å²) in [7, 11) is 0. The molecule has 0 aliphatic heterocycles. The third kappa shape index (κ3) is 8.64. The van der Waals surface area contributed by atoms with Gasteiger partial charge in [-0.05, 0) is 126 Å². The van der Waals surface area contributed by atoms with Crippen LogP contribution in [0.4, 0.5) is 17.1 Å². The Morgan fingerprint density at radius 2 is 0.850 bits per heavy atom. The topological polar surface area (TPSA) is 142 Å². The van der Waals surface area contributed by atoms with Gasteiger partial charge in [-0.25, -0.2) is 0 Å². The Morgan fingerprint density at radius 1 is 0.450 bits per heavy atom. The van der Waals surface area contributed by atoms with E-state index >= 15 is 0 Å². The molecule has 0 heterocycles. The van der Waals surface area contributed by atoms with Crippen molar-refractivity contribution in [3.8, 4) is 0 Å². The molecule has 60 heavy (non-hydrogen) atoms. The number of rotatable bonds is 6. The number of amides is 1. The van der Waals surface area contributed by atoms with Crippen molar-refractivity contribution >= 4 is 77.8 Å². The minimum atomic E-state index is -1.33. The molecule has 7 nitrogen and oxygen atoms in total. The summed E-state index contributed by atoms with van der Waals surface area (Å²) in [5.74, 6) is -1.70. The molecule has 9 aromatic rings. The minimum absolute atomic E-state index is 0.0150. The van der Waals surface area contributed by atoms with E-state index in [1.807, 2.05) is 124 Å². The molecule has 0 spiro atoms. The second-order valence-electron chi connectivity index (χ2n) is 15.6. The number of carbonyl (C=O) groups excluding carboxylic acids is 3. The first-order valence-electron chi connectivity index (χ1n) is 19.9. The number of anilines is 1. The van der Waals surface area contributed by atoms with Crippen molar-refractivity contribution in [1.29, 1.82) is 0 Å². The van der Waals surface area contributed by atoms with Gasteiger partial charge in [0.25, 0.3) is 5.91 Å².